The van der Waals surface area contributed by atoms with E-state index in [0.717, 1.165) is 10.4 Å². The second-order valence-electron chi connectivity index (χ2n) is 5.08. The van der Waals surface area contributed by atoms with E-state index in [1.165, 1.54) is 0 Å². The first-order valence-electron chi connectivity index (χ1n) is 7.48. The van der Waals surface area contributed by atoms with Crippen molar-refractivity contribution in [1.82, 2.24) is 0 Å². The predicted molar refractivity (Wildman–Crippen MR) is 91.9 cm³/mol. The van der Waals surface area contributed by atoms with Crippen LogP contribution in [0.3, 0.4) is 0 Å². The first-order chi connectivity index (χ1) is 11.7. The van der Waals surface area contributed by atoms with Gasteiger partial charge in [-0.2, -0.15) is 0 Å². The Bertz CT molecular complexity index is 744. The van der Waals surface area contributed by atoms with Crippen LogP contribution in [-0.2, 0) is 9.47 Å². The summed E-state index contributed by atoms with van der Waals surface area (Å²) in [4.78, 5) is 13.4. The van der Waals surface area contributed by atoms with Crippen LogP contribution in [0.1, 0.15) is 27.1 Å². The monoisotopic (exact) mass is 346 g/mol. The first kappa shape index (κ1) is 16.7. The Balaban J connectivity index is 1.77. The highest BCUT2D eigenvalue weighted by atomic mass is 32.1. The summed E-state index contributed by atoms with van der Waals surface area (Å²) in [6, 6.07) is 7.06. The third-order valence-corrected chi connectivity index (χ3v) is 4.55. The lowest BCUT2D eigenvalue weighted by atomic mass is 10.1. The number of ether oxygens (including phenoxy) is 4. The third kappa shape index (κ3) is 3.51. The summed E-state index contributed by atoms with van der Waals surface area (Å²) in [5.74, 6) is 1.01. The van der Waals surface area contributed by atoms with E-state index < -0.39 is 0 Å². The number of hydrogen-bond donors (Lipinski definition) is 0. The van der Waals surface area contributed by atoms with Crippen LogP contribution in [0.4, 0.5) is 0 Å². The number of allylic oxidation sites excluding steroid dienone is 1. The molecule has 1 saturated heterocycles. The molecule has 0 N–H and O–H groups in total. The van der Waals surface area contributed by atoms with E-state index in [1.54, 1.807) is 55.9 Å². The molecule has 126 valence electrons. The Morgan fingerprint density at radius 2 is 1.92 bits per heavy atom. The van der Waals surface area contributed by atoms with E-state index in [0.29, 0.717) is 30.3 Å². The maximum absolute atomic E-state index is 12.4. The van der Waals surface area contributed by atoms with Gasteiger partial charge in [0.1, 0.15) is 0 Å². The third-order valence-electron chi connectivity index (χ3n) is 3.66. The summed E-state index contributed by atoms with van der Waals surface area (Å²) >= 11 is 1.54. The van der Waals surface area contributed by atoms with Crippen molar-refractivity contribution in [3.63, 3.8) is 0 Å². The second kappa shape index (κ2) is 7.61. The highest BCUT2D eigenvalue weighted by Gasteiger charge is 2.21. The molecule has 6 heteroatoms. The Kier molecular flexibility index (Phi) is 5.30. The molecule has 0 unspecified atom stereocenters. The molecule has 0 radical (unpaired) electrons. The summed E-state index contributed by atoms with van der Waals surface area (Å²) in [6.45, 7) is 1.18. The lowest BCUT2D eigenvalue weighted by Crippen LogP contribution is -1.99. The van der Waals surface area contributed by atoms with Gasteiger partial charge in [0, 0.05) is 16.0 Å². The molecule has 0 amide bonds. The largest absolute Gasteiger partial charge is 0.493 e. The van der Waals surface area contributed by atoms with Gasteiger partial charge in [-0.05, 0) is 41.8 Å². The van der Waals surface area contributed by atoms with Crippen molar-refractivity contribution >= 4 is 23.2 Å². The van der Waals surface area contributed by atoms with Crippen LogP contribution in [-0.4, -0.2) is 33.2 Å². The van der Waals surface area contributed by atoms with Gasteiger partial charge in [0.2, 0.25) is 0 Å². The van der Waals surface area contributed by atoms with Gasteiger partial charge >= 0.3 is 0 Å². The van der Waals surface area contributed by atoms with Gasteiger partial charge < -0.3 is 18.9 Å². The van der Waals surface area contributed by atoms with Crippen molar-refractivity contribution in [3.8, 4) is 11.5 Å². The smallest absolute Gasteiger partial charge is 0.186 e. The fourth-order valence-corrected chi connectivity index (χ4v) is 3.24. The van der Waals surface area contributed by atoms with Gasteiger partial charge in [-0.25, -0.2) is 0 Å². The van der Waals surface area contributed by atoms with Gasteiger partial charge in [0.05, 0.1) is 27.4 Å². The van der Waals surface area contributed by atoms with E-state index in [9.17, 15) is 4.79 Å². The summed E-state index contributed by atoms with van der Waals surface area (Å²) < 4.78 is 21.5. The molecular weight excluding hydrogens is 328 g/mol. The zero-order chi connectivity index (χ0) is 16.9. The molecule has 0 saturated carbocycles. The molecule has 1 aliphatic rings. The van der Waals surface area contributed by atoms with Crippen LogP contribution in [0.2, 0.25) is 0 Å². The topological polar surface area (TPSA) is 54.0 Å². The molecule has 1 fully saturated rings. The van der Waals surface area contributed by atoms with Crippen LogP contribution in [0, 0.1) is 0 Å². The van der Waals surface area contributed by atoms with Crippen molar-refractivity contribution in [1.29, 1.82) is 0 Å². The van der Waals surface area contributed by atoms with E-state index in [1.807, 2.05) is 11.4 Å². The molecule has 0 aliphatic carbocycles. The van der Waals surface area contributed by atoms with E-state index in [2.05, 4.69) is 0 Å². The molecule has 24 heavy (non-hydrogen) atoms. The minimum atomic E-state index is -0.341. The van der Waals surface area contributed by atoms with Crippen LogP contribution in [0.5, 0.6) is 11.5 Å². The maximum Gasteiger partial charge on any atom is 0.186 e. The van der Waals surface area contributed by atoms with Crippen molar-refractivity contribution in [2.45, 2.75) is 6.29 Å². The first-order valence-corrected chi connectivity index (χ1v) is 8.36. The summed E-state index contributed by atoms with van der Waals surface area (Å²) in [5, 5.41) is 1.96. The zero-order valence-electron chi connectivity index (χ0n) is 13.5. The lowest BCUT2D eigenvalue weighted by Gasteiger charge is -2.08. The fourth-order valence-electron chi connectivity index (χ4n) is 2.44. The number of rotatable bonds is 6. The number of benzene rings is 1. The van der Waals surface area contributed by atoms with Crippen LogP contribution < -0.4 is 9.47 Å². The molecule has 1 aliphatic heterocycles. The Hall–Kier alpha value is -2.15. The highest BCUT2D eigenvalue weighted by Crippen LogP contribution is 2.31. The number of carbonyl (C=O) groups is 1. The fraction of sp³-hybridized carbons (Fsp3) is 0.278. The number of ketones is 1. The van der Waals surface area contributed by atoms with Crippen molar-refractivity contribution in [2.24, 2.45) is 0 Å². The Morgan fingerprint density at radius 3 is 2.62 bits per heavy atom. The van der Waals surface area contributed by atoms with E-state index >= 15 is 0 Å². The van der Waals surface area contributed by atoms with E-state index in [-0.39, 0.29) is 12.1 Å². The van der Waals surface area contributed by atoms with Crippen LogP contribution in [0.25, 0.3) is 6.08 Å². The number of methoxy groups -OCH3 is 2. The highest BCUT2D eigenvalue weighted by molar-refractivity contribution is 7.11. The number of carbonyl (C=O) groups excluding carboxylic acids is 1. The molecule has 1 aromatic carbocycles. The van der Waals surface area contributed by atoms with Crippen molar-refractivity contribution in [2.75, 3.05) is 27.4 Å². The minimum absolute atomic E-state index is 0.108. The molecule has 2 heterocycles. The quantitative estimate of drug-likeness (QED) is 0.589. The molecule has 0 spiro atoms. The van der Waals surface area contributed by atoms with Gasteiger partial charge in [-0.3, -0.25) is 4.79 Å². The zero-order valence-corrected chi connectivity index (χ0v) is 14.3. The Morgan fingerprint density at radius 1 is 1.17 bits per heavy atom. The predicted octanol–water partition coefficient (Wildman–Crippen LogP) is 3.71. The normalized spacial score (nSPS) is 15.1. The molecular formula is C18H18O5S. The molecule has 3 rings (SSSR count). The maximum atomic E-state index is 12.4. The summed E-state index contributed by atoms with van der Waals surface area (Å²) in [7, 11) is 3.10. The van der Waals surface area contributed by atoms with Crippen molar-refractivity contribution < 1.29 is 23.7 Å². The Labute approximate surface area is 144 Å². The average molecular weight is 346 g/mol. The average Bonchev–Trinajstić information content (AvgIpc) is 3.29. The van der Waals surface area contributed by atoms with Gasteiger partial charge in [-0.15, -0.1) is 11.3 Å². The summed E-state index contributed by atoms with van der Waals surface area (Å²) in [5.41, 5.74) is 1.49. The van der Waals surface area contributed by atoms with Crippen molar-refractivity contribution in [3.05, 3.63) is 51.7 Å². The molecule has 1 aromatic heterocycles. The second-order valence-corrected chi connectivity index (χ2v) is 6.03. The standard InChI is InChI=1S/C18H18O5S/c1-20-15-5-3-12(11-16(15)21-2)14(19)4-6-17-13(7-10-24-17)18-22-8-9-23-18/h3-7,10-11,18H,8-9H2,1-2H3. The molecule has 0 atom stereocenters. The number of thiophene rings is 1. The van der Waals surface area contributed by atoms with E-state index in [4.69, 9.17) is 18.9 Å². The van der Waals surface area contributed by atoms with Crippen LogP contribution >= 0.6 is 11.3 Å². The number of hydrogen-bond acceptors (Lipinski definition) is 6. The molecule has 5 nitrogen and oxygen atoms in total. The molecule has 0 bridgehead atoms. The van der Waals surface area contributed by atoms with Gasteiger partial charge in [0.25, 0.3) is 0 Å². The van der Waals surface area contributed by atoms with Crippen LogP contribution in [0.15, 0.2) is 35.7 Å². The lowest BCUT2D eigenvalue weighted by molar-refractivity contribution is -0.0439. The van der Waals surface area contributed by atoms with Gasteiger partial charge in [-0.1, -0.05) is 0 Å². The minimum Gasteiger partial charge on any atom is -0.493 e. The summed E-state index contributed by atoms with van der Waals surface area (Å²) in [6.07, 6.45) is 3.00. The molecule has 2 aromatic rings. The van der Waals surface area contributed by atoms with Gasteiger partial charge in [0.15, 0.2) is 23.6 Å². The SMILES string of the molecule is COc1ccc(C(=O)C=Cc2sccc2C2OCCO2)cc1OC.